The minimum Gasteiger partial charge on any atom is -0.487 e. The van der Waals surface area contributed by atoms with Gasteiger partial charge in [-0.2, -0.15) is 0 Å². The molecule has 3 fully saturated rings. The smallest absolute Gasteiger partial charge is 0.272 e. The third kappa shape index (κ3) is 7.31. The largest absolute Gasteiger partial charge is 0.487 e. The summed E-state index contributed by atoms with van der Waals surface area (Å²) in [5.74, 6) is 0.885. The molecule has 0 radical (unpaired) electrons. The van der Waals surface area contributed by atoms with E-state index in [-0.39, 0.29) is 24.0 Å². The lowest BCUT2D eigenvalue weighted by Crippen LogP contribution is -2.52. The van der Waals surface area contributed by atoms with Gasteiger partial charge in [0, 0.05) is 36.1 Å². The molecule has 16 heteroatoms. The van der Waals surface area contributed by atoms with Crippen LogP contribution in [-0.4, -0.2) is 95.3 Å². The molecule has 4 aromatic rings. The fourth-order valence-electron chi connectivity index (χ4n) is 6.99. The normalized spacial score (nSPS) is 23.6. The van der Waals surface area contributed by atoms with E-state index in [0.717, 1.165) is 50.0 Å². The van der Waals surface area contributed by atoms with Gasteiger partial charge in [0.05, 0.1) is 37.0 Å². The average Bonchev–Trinajstić information content (AvgIpc) is 3.79. The molecule has 3 aliphatic rings. The molecule has 3 aromatic heterocycles. The van der Waals surface area contributed by atoms with Crippen LogP contribution in [-0.2, 0) is 11.3 Å². The van der Waals surface area contributed by atoms with Gasteiger partial charge in [-0.1, -0.05) is 17.7 Å². The topological polar surface area (TPSA) is 130 Å². The van der Waals surface area contributed by atoms with Crippen molar-refractivity contribution in [2.75, 3.05) is 25.1 Å². The first-order valence-corrected chi connectivity index (χ1v) is 16.4. The molecule has 5 heterocycles. The van der Waals surface area contributed by atoms with E-state index in [1.165, 1.54) is 19.2 Å². The highest BCUT2D eigenvalue weighted by Crippen LogP contribution is 2.39. The van der Waals surface area contributed by atoms with E-state index < -0.39 is 13.0 Å². The van der Waals surface area contributed by atoms with Gasteiger partial charge < -0.3 is 19.5 Å². The Labute approximate surface area is 275 Å². The van der Waals surface area contributed by atoms with E-state index in [1.807, 2.05) is 23.7 Å². The SMILES string of the molecule is CC(Cn1cnnn1)Oc1cc(-c2cnc(Nc3cn(C4CCC(N5[C@@H]6CC[C@H]5COC6)CC4)nc3OCC(F)F)nc2)ccc1Cl. The van der Waals surface area contributed by atoms with Crippen LogP contribution in [0.4, 0.5) is 20.4 Å². The van der Waals surface area contributed by atoms with Crippen LogP contribution in [0.1, 0.15) is 51.5 Å². The minimum absolute atomic E-state index is 0.0987. The number of anilines is 2. The lowest BCUT2D eigenvalue weighted by Gasteiger charge is -2.43. The summed E-state index contributed by atoms with van der Waals surface area (Å²) in [7, 11) is 0. The number of ether oxygens (including phenoxy) is 3. The maximum Gasteiger partial charge on any atom is 0.272 e. The van der Waals surface area contributed by atoms with E-state index in [4.69, 9.17) is 25.8 Å². The Morgan fingerprint density at radius 3 is 2.43 bits per heavy atom. The Kier molecular flexibility index (Phi) is 9.45. The lowest BCUT2D eigenvalue weighted by atomic mass is 9.89. The van der Waals surface area contributed by atoms with Gasteiger partial charge in [-0.05, 0) is 73.6 Å². The highest BCUT2D eigenvalue weighted by molar-refractivity contribution is 6.32. The standard InChI is InChI=1S/C31H37ClF2N10O3/c1-19(13-42-18-37-40-41-42)47-28-10-20(2-9-26(28)32)21-11-35-31(36-12-21)38-27-14-43(39-30(27)46-17-29(33)34)22-3-5-23(6-4-22)44-24-7-8-25(44)16-45-15-24/h2,9-12,14,18-19,22-25,29H,3-8,13,15-17H2,1H3,(H,35,36,38)/t19?,22?,23?,24-,25+. The highest BCUT2D eigenvalue weighted by Gasteiger charge is 2.42. The van der Waals surface area contributed by atoms with Crippen molar-refractivity contribution in [3.05, 3.63) is 48.1 Å². The number of aromatic nitrogens is 8. The minimum atomic E-state index is -2.63. The van der Waals surface area contributed by atoms with Crippen LogP contribution in [0.15, 0.2) is 43.1 Å². The number of halogens is 3. The number of morpholine rings is 1. The Balaban J connectivity index is 1.02. The van der Waals surface area contributed by atoms with Crippen molar-refractivity contribution in [2.24, 2.45) is 0 Å². The second-order valence-electron chi connectivity index (χ2n) is 12.4. The number of tetrazole rings is 1. The van der Waals surface area contributed by atoms with Gasteiger partial charge in [0.2, 0.25) is 5.95 Å². The quantitative estimate of drug-likeness (QED) is 0.214. The Morgan fingerprint density at radius 2 is 1.72 bits per heavy atom. The van der Waals surface area contributed by atoms with E-state index in [9.17, 15) is 8.78 Å². The van der Waals surface area contributed by atoms with Crippen molar-refractivity contribution < 1.29 is 23.0 Å². The molecule has 2 saturated heterocycles. The first-order valence-electron chi connectivity index (χ1n) is 16.0. The van der Waals surface area contributed by atoms with Gasteiger partial charge in [-0.25, -0.2) is 23.4 Å². The molecule has 13 nitrogen and oxygen atoms in total. The van der Waals surface area contributed by atoms with Crippen LogP contribution in [0.3, 0.4) is 0 Å². The molecule has 250 valence electrons. The van der Waals surface area contributed by atoms with Crippen molar-refractivity contribution in [3.63, 3.8) is 0 Å². The summed E-state index contributed by atoms with van der Waals surface area (Å²) >= 11 is 6.41. The summed E-state index contributed by atoms with van der Waals surface area (Å²) < 4.78 is 46.9. The number of fused-ring (bicyclic) bond motifs is 2. The summed E-state index contributed by atoms with van der Waals surface area (Å²) in [5, 5.41) is 19.3. The molecule has 1 saturated carbocycles. The van der Waals surface area contributed by atoms with Crippen LogP contribution in [0.2, 0.25) is 5.02 Å². The number of rotatable bonds is 12. The zero-order valence-corrected chi connectivity index (χ0v) is 26.7. The van der Waals surface area contributed by atoms with E-state index in [1.54, 1.807) is 29.3 Å². The van der Waals surface area contributed by atoms with Crippen LogP contribution >= 0.6 is 11.6 Å². The van der Waals surface area contributed by atoms with Gasteiger partial charge in [-0.3, -0.25) is 9.58 Å². The van der Waals surface area contributed by atoms with Crippen LogP contribution < -0.4 is 14.8 Å². The summed E-state index contributed by atoms with van der Waals surface area (Å²) in [6.45, 7) is 3.25. The Hall–Kier alpha value is -3.95. The molecule has 47 heavy (non-hydrogen) atoms. The van der Waals surface area contributed by atoms with Gasteiger partial charge in [0.15, 0.2) is 6.61 Å². The Bertz CT molecular complexity index is 1600. The average molecular weight is 671 g/mol. The molecule has 1 N–H and O–H groups in total. The van der Waals surface area contributed by atoms with E-state index >= 15 is 0 Å². The fraction of sp³-hybridized carbons (Fsp3) is 0.548. The fourth-order valence-corrected chi connectivity index (χ4v) is 7.15. The third-order valence-corrected chi connectivity index (χ3v) is 9.44. The molecular formula is C31H37ClF2N10O3. The van der Waals surface area contributed by atoms with Crippen molar-refractivity contribution >= 4 is 23.2 Å². The summed E-state index contributed by atoms with van der Waals surface area (Å²) in [6.07, 6.45) is 10.2. The predicted molar refractivity (Wildman–Crippen MR) is 168 cm³/mol. The van der Waals surface area contributed by atoms with Gasteiger partial charge in [0.25, 0.3) is 12.3 Å². The van der Waals surface area contributed by atoms with E-state index in [2.05, 4.69) is 40.8 Å². The van der Waals surface area contributed by atoms with Gasteiger partial charge in [0.1, 0.15) is 23.9 Å². The van der Waals surface area contributed by atoms with Crippen LogP contribution in [0.5, 0.6) is 11.6 Å². The second kappa shape index (κ2) is 14.0. The number of alkyl halides is 2. The molecule has 2 aliphatic heterocycles. The maximum absolute atomic E-state index is 13.1. The molecule has 2 bridgehead atoms. The maximum atomic E-state index is 13.1. The Morgan fingerprint density at radius 1 is 1.00 bits per heavy atom. The zero-order valence-electron chi connectivity index (χ0n) is 26.0. The third-order valence-electron chi connectivity index (χ3n) is 9.13. The summed E-state index contributed by atoms with van der Waals surface area (Å²) in [6, 6.07) is 7.19. The van der Waals surface area contributed by atoms with Crippen LogP contribution in [0.25, 0.3) is 11.1 Å². The molecule has 1 aliphatic carbocycles. The number of nitrogens with one attached hydrogen (secondary N) is 1. The first-order chi connectivity index (χ1) is 22.9. The van der Waals surface area contributed by atoms with Crippen molar-refractivity contribution in [2.45, 2.75) is 88.7 Å². The zero-order chi connectivity index (χ0) is 32.3. The molecule has 0 amide bonds. The number of benzene rings is 1. The predicted octanol–water partition coefficient (Wildman–Crippen LogP) is 5.18. The molecular weight excluding hydrogens is 634 g/mol. The molecule has 1 aromatic carbocycles. The monoisotopic (exact) mass is 670 g/mol. The van der Waals surface area contributed by atoms with Crippen molar-refractivity contribution in [1.29, 1.82) is 0 Å². The first kappa shape index (κ1) is 31.6. The van der Waals surface area contributed by atoms with Crippen LogP contribution in [0, 0.1) is 0 Å². The summed E-state index contributed by atoms with van der Waals surface area (Å²) in [5.41, 5.74) is 1.98. The van der Waals surface area contributed by atoms with E-state index in [0.29, 0.717) is 41.1 Å². The van der Waals surface area contributed by atoms with Gasteiger partial charge in [-0.15, -0.1) is 10.2 Å². The lowest BCUT2D eigenvalue weighted by molar-refractivity contribution is -0.0458. The van der Waals surface area contributed by atoms with Crippen molar-refractivity contribution in [3.8, 4) is 22.8 Å². The number of nitrogens with zero attached hydrogens (tertiary/aromatic N) is 9. The van der Waals surface area contributed by atoms with Crippen molar-refractivity contribution in [1.82, 2.24) is 44.9 Å². The second-order valence-corrected chi connectivity index (χ2v) is 12.8. The molecule has 0 spiro atoms. The molecule has 7 rings (SSSR count). The molecule has 3 atom stereocenters. The summed E-state index contributed by atoms with van der Waals surface area (Å²) in [4.78, 5) is 11.6. The number of hydrogen-bond acceptors (Lipinski definition) is 11. The molecule has 1 unspecified atom stereocenters. The van der Waals surface area contributed by atoms with Gasteiger partial charge >= 0.3 is 0 Å². The highest BCUT2D eigenvalue weighted by atomic mass is 35.5. The number of hydrogen-bond donors (Lipinski definition) is 1.